The Kier molecular flexibility index (Phi) is 7.42. The van der Waals surface area contributed by atoms with Gasteiger partial charge in [-0.15, -0.1) is 0 Å². The highest BCUT2D eigenvalue weighted by Gasteiger charge is 2.37. The predicted octanol–water partition coefficient (Wildman–Crippen LogP) is 5.10. The minimum absolute atomic E-state index is 0.0942. The monoisotopic (exact) mass is 450 g/mol. The van der Waals surface area contributed by atoms with Gasteiger partial charge in [-0.25, -0.2) is 9.78 Å². The fourth-order valence-corrected chi connectivity index (χ4v) is 4.29. The molecule has 1 saturated heterocycles. The first-order valence-corrected chi connectivity index (χ1v) is 11.5. The summed E-state index contributed by atoms with van der Waals surface area (Å²) < 4.78 is 0. The topological polar surface area (TPSA) is 105 Å². The van der Waals surface area contributed by atoms with E-state index in [1.54, 1.807) is 11.0 Å². The number of nitrogens with zero attached hydrogens (tertiary/aromatic N) is 5. The molecular weight excluding hydrogens is 416 g/mol. The lowest BCUT2D eigenvalue weighted by molar-refractivity contribution is 0.0763. The van der Waals surface area contributed by atoms with Gasteiger partial charge >= 0.3 is 6.09 Å². The molecule has 0 bridgehead atoms. The SMILES string of the molecule is CCCCc1cc(N2CC[C@H](N(C(=O)O)C(C)(C)C)C2)nc(Nc2ccc(C)c(C#N)c2)n1. The number of unbranched alkanes of at least 4 members (excludes halogenated alkanes) is 1. The van der Waals surface area contributed by atoms with Crippen LogP contribution in [-0.2, 0) is 6.42 Å². The van der Waals surface area contributed by atoms with E-state index in [1.807, 2.05) is 45.9 Å². The molecular formula is C25H34N6O2. The average Bonchev–Trinajstić information content (AvgIpc) is 3.21. The number of carboxylic acid groups (broad SMARTS) is 1. The maximum absolute atomic E-state index is 11.9. The summed E-state index contributed by atoms with van der Waals surface area (Å²) in [5.74, 6) is 1.29. The van der Waals surface area contributed by atoms with E-state index in [4.69, 9.17) is 9.97 Å². The zero-order valence-electron chi connectivity index (χ0n) is 20.2. The number of benzene rings is 1. The van der Waals surface area contributed by atoms with Crippen molar-refractivity contribution < 1.29 is 9.90 Å². The van der Waals surface area contributed by atoms with E-state index in [2.05, 4.69) is 23.2 Å². The van der Waals surface area contributed by atoms with Crippen LogP contribution in [0.2, 0.25) is 0 Å². The van der Waals surface area contributed by atoms with Crippen LogP contribution in [0.5, 0.6) is 0 Å². The zero-order chi connectivity index (χ0) is 24.2. The van der Waals surface area contributed by atoms with Crippen molar-refractivity contribution in [3.8, 4) is 6.07 Å². The smallest absolute Gasteiger partial charge is 0.408 e. The number of hydrogen-bond donors (Lipinski definition) is 2. The highest BCUT2D eigenvalue weighted by atomic mass is 16.4. The van der Waals surface area contributed by atoms with Crippen molar-refractivity contribution in [3.63, 3.8) is 0 Å². The number of aromatic nitrogens is 2. The van der Waals surface area contributed by atoms with Gasteiger partial charge in [-0.1, -0.05) is 19.4 Å². The van der Waals surface area contributed by atoms with Gasteiger partial charge in [0.25, 0.3) is 0 Å². The van der Waals surface area contributed by atoms with Crippen LogP contribution in [0.15, 0.2) is 24.3 Å². The van der Waals surface area contributed by atoms with Crippen molar-refractivity contribution in [2.24, 2.45) is 0 Å². The Balaban J connectivity index is 1.87. The van der Waals surface area contributed by atoms with Crippen LogP contribution in [0.3, 0.4) is 0 Å². The summed E-state index contributed by atoms with van der Waals surface area (Å²) >= 11 is 0. The van der Waals surface area contributed by atoms with Crippen molar-refractivity contribution in [1.29, 1.82) is 5.26 Å². The summed E-state index contributed by atoms with van der Waals surface area (Å²) in [6.07, 6.45) is 2.80. The van der Waals surface area contributed by atoms with E-state index in [1.165, 1.54) is 0 Å². The minimum atomic E-state index is -0.893. The molecule has 8 heteroatoms. The summed E-state index contributed by atoms with van der Waals surface area (Å²) in [6.45, 7) is 11.2. The predicted molar refractivity (Wildman–Crippen MR) is 130 cm³/mol. The third-order valence-corrected chi connectivity index (χ3v) is 5.95. The van der Waals surface area contributed by atoms with Crippen LogP contribution >= 0.6 is 0 Å². The van der Waals surface area contributed by atoms with Gasteiger partial charge in [-0.3, -0.25) is 4.90 Å². The minimum Gasteiger partial charge on any atom is -0.465 e. The van der Waals surface area contributed by atoms with Gasteiger partial charge in [-0.2, -0.15) is 10.2 Å². The Labute approximate surface area is 196 Å². The van der Waals surface area contributed by atoms with Crippen LogP contribution in [0.1, 0.15) is 63.8 Å². The molecule has 1 amide bonds. The molecule has 3 rings (SSSR count). The molecule has 33 heavy (non-hydrogen) atoms. The van der Waals surface area contributed by atoms with Gasteiger partial charge in [0.2, 0.25) is 5.95 Å². The largest absolute Gasteiger partial charge is 0.465 e. The van der Waals surface area contributed by atoms with Crippen LogP contribution in [0.4, 0.5) is 22.2 Å². The van der Waals surface area contributed by atoms with Crippen molar-refractivity contribution in [2.75, 3.05) is 23.3 Å². The normalized spacial score (nSPS) is 15.9. The molecule has 8 nitrogen and oxygen atoms in total. The van der Waals surface area contributed by atoms with Crippen molar-refractivity contribution >= 4 is 23.5 Å². The van der Waals surface area contributed by atoms with E-state index in [9.17, 15) is 15.2 Å². The summed E-state index contributed by atoms with van der Waals surface area (Å²) in [4.78, 5) is 25.1. The summed E-state index contributed by atoms with van der Waals surface area (Å²) in [5.41, 5.74) is 2.78. The van der Waals surface area contributed by atoms with E-state index >= 15 is 0 Å². The second-order valence-corrected chi connectivity index (χ2v) is 9.62. The molecule has 176 valence electrons. The Morgan fingerprint density at radius 2 is 2.09 bits per heavy atom. The molecule has 2 aromatic rings. The number of carbonyl (C=O) groups is 1. The fourth-order valence-electron chi connectivity index (χ4n) is 4.29. The van der Waals surface area contributed by atoms with Gasteiger partial charge in [0.1, 0.15) is 5.82 Å². The van der Waals surface area contributed by atoms with Crippen LogP contribution in [0.25, 0.3) is 0 Å². The molecule has 0 unspecified atom stereocenters. The molecule has 1 aliphatic rings. The quantitative estimate of drug-likeness (QED) is 0.604. The van der Waals surface area contributed by atoms with E-state index < -0.39 is 11.6 Å². The summed E-state index contributed by atoms with van der Waals surface area (Å²) in [6, 6.07) is 9.75. The maximum Gasteiger partial charge on any atom is 0.408 e. The van der Waals surface area contributed by atoms with Crippen molar-refractivity contribution in [3.05, 3.63) is 41.1 Å². The highest BCUT2D eigenvalue weighted by Crippen LogP contribution is 2.28. The number of nitrogens with one attached hydrogen (secondary N) is 1. The second kappa shape index (κ2) is 10.1. The highest BCUT2D eigenvalue weighted by molar-refractivity contribution is 5.67. The lowest BCUT2D eigenvalue weighted by Gasteiger charge is -2.38. The van der Waals surface area contributed by atoms with Gasteiger partial charge in [0.15, 0.2) is 0 Å². The Morgan fingerprint density at radius 1 is 1.33 bits per heavy atom. The lowest BCUT2D eigenvalue weighted by Crippen LogP contribution is -2.52. The number of anilines is 3. The molecule has 1 aliphatic heterocycles. The lowest BCUT2D eigenvalue weighted by atomic mass is 10.0. The van der Waals surface area contributed by atoms with Crippen LogP contribution < -0.4 is 10.2 Å². The molecule has 0 aliphatic carbocycles. The van der Waals surface area contributed by atoms with Crippen molar-refractivity contribution in [1.82, 2.24) is 14.9 Å². The average molecular weight is 451 g/mol. The molecule has 0 radical (unpaired) electrons. The van der Waals surface area contributed by atoms with Crippen molar-refractivity contribution in [2.45, 2.75) is 71.9 Å². The third-order valence-electron chi connectivity index (χ3n) is 5.95. The number of hydrogen-bond acceptors (Lipinski definition) is 6. The Morgan fingerprint density at radius 3 is 2.73 bits per heavy atom. The first-order chi connectivity index (χ1) is 15.6. The standard InChI is InChI=1S/C25H34N6O2/c1-6-7-8-19-14-22(30-12-11-21(16-30)31(24(32)33)25(3,4)5)29-23(27-19)28-20-10-9-17(2)18(13-20)15-26/h9-10,13-14,21H,6-8,11-12,16H2,1-5H3,(H,32,33)(H,27,28,29)/t21-/m0/s1. The van der Waals surface area contributed by atoms with Crippen LogP contribution in [-0.4, -0.2) is 50.7 Å². The first kappa shape index (κ1) is 24.3. The van der Waals surface area contributed by atoms with E-state index in [0.717, 1.165) is 55.0 Å². The molecule has 1 fully saturated rings. The fraction of sp³-hybridized carbons (Fsp3) is 0.520. The molecule has 1 aromatic heterocycles. The van der Waals surface area contributed by atoms with Gasteiger partial charge < -0.3 is 15.3 Å². The second-order valence-electron chi connectivity index (χ2n) is 9.62. The number of rotatable bonds is 7. The van der Waals surface area contributed by atoms with Gasteiger partial charge in [0.05, 0.1) is 17.7 Å². The molecule has 2 N–H and O–H groups in total. The van der Waals surface area contributed by atoms with Gasteiger partial charge in [0, 0.05) is 36.1 Å². The number of amides is 1. The molecule has 0 saturated carbocycles. The molecule has 1 aromatic carbocycles. The Hall–Kier alpha value is -3.34. The Bertz CT molecular complexity index is 1040. The van der Waals surface area contributed by atoms with E-state index in [0.29, 0.717) is 18.1 Å². The number of nitriles is 1. The van der Waals surface area contributed by atoms with E-state index in [-0.39, 0.29) is 6.04 Å². The number of aryl methyl sites for hydroxylation is 2. The van der Waals surface area contributed by atoms with Gasteiger partial charge in [-0.05, 0) is 64.7 Å². The third kappa shape index (κ3) is 5.92. The summed E-state index contributed by atoms with van der Waals surface area (Å²) in [5, 5.41) is 22.4. The molecule has 1 atom stereocenters. The molecule has 0 spiro atoms. The first-order valence-electron chi connectivity index (χ1n) is 11.5. The zero-order valence-corrected chi connectivity index (χ0v) is 20.2. The summed E-state index contributed by atoms with van der Waals surface area (Å²) in [7, 11) is 0. The maximum atomic E-state index is 11.9. The molecule has 2 heterocycles. The van der Waals surface area contributed by atoms with Crippen LogP contribution in [0, 0.1) is 18.3 Å².